The minimum absolute atomic E-state index is 0.120. The summed E-state index contributed by atoms with van der Waals surface area (Å²) in [5.41, 5.74) is 2.91. The van der Waals surface area contributed by atoms with Crippen LogP contribution in [0.3, 0.4) is 0 Å². The maximum atomic E-state index is 12.2. The van der Waals surface area contributed by atoms with Gasteiger partial charge in [-0.15, -0.1) is 0 Å². The lowest BCUT2D eigenvalue weighted by molar-refractivity contribution is -0.197. The summed E-state index contributed by atoms with van der Waals surface area (Å²) in [4.78, 5) is 18.2. The molecular weight excluding hydrogens is 342 g/mol. The van der Waals surface area contributed by atoms with Gasteiger partial charge in [0.25, 0.3) is 0 Å². The van der Waals surface area contributed by atoms with E-state index in [9.17, 15) is 9.90 Å². The molecule has 0 radical (unpaired) electrons. The number of imidazole rings is 1. The second-order valence-corrected chi connectivity index (χ2v) is 9.23. The van der Waals surface area contributed by atoms with E-state index in [-0.39, 0.29) is 23.5 Å². The molecule has 0 bridgehead atoms. The van der Waals surface area contributed by atoms with Crippen LogP contribution in [0, 0.1) is 11.3 Å². The molecule has 5 rings (SSSR count). The number of aliphatic hydroxyl groups is 1. The predicted molar refractivity (Wildman–Crippen MR) is 100 cm³/mol. The molecule has 1 saturated heterocycles. The largest absolute Gasteiger partial charge is 0.444 e. The monoisotopic (exact) mass is 367 g/mol. The Morgan fingerprint density at radius 1 is 1.30 bits per heavy atom. The van der Waals surface area contributed by atoms with Crippen molar-refractivity contribution in [1.29, 1.82) is 0 Å². The normalized spacial score (nSPS) is 27.6. The molecule has 1 N–H and O–H groups in total. The molecule has 3 atom stereocenters. The van der Waals surface area contributed by atoms with Crippen LogP contribution in [0.4, 0.5) is 4.79 Å². The van der Waals surface area contributed by atoms with Gasteiger partial charge in [-0.2, -0.15) is 0 Å². The van der Waals surface area contributed by atoms with Crippen LogP contribution in [0.15, 0.2) is 36.8 Å². The number of nitrogens with zero attached hydrogens (tertiary/aromatic N) is 3. The third-order valence-corrected chi connectivity index (χ3v) is 6.27. The lowest BCUT2D eigenvalue weighted by Gasteiger charge is -2.63. The summed E-state index contributed by atoms with van der Waals surface area (Å²) in [5, 5.41) is 11.0. The van der Waals surface area contributed by atoms with Crippen molar-refractivity contribution in [2.45, 2.75) is 44.9 Å². The molecule has 6 heteroatoms. The number of amides is 1. The zero-order valence-corrected chi connectivity index (χ0v) is 15.9. The number of carbonyl (C=O) groups excluding carboxylic acids is 1. The highest BCUT2D eigenvalue weighted by Crippen LogP contribution is 2.59. The Hall–Kier alpha value is -2.34. The summed E-state index contributed by atoms with van der Waals surface area (Å²) in [6.45, 7) is 6.76. The predicted octanol–water partition coefficient (Wildman–Crippen LogP) is 3.07. The number of hydrogen-bond donors (Lipinski definition) is 1. The molecule has 0 unspecified atom stereocenters. The molecule has 2 aliphatic heterocycles. The number of carbonyl (C=O) groups is 1. The van der Waals surface area contributed by atoms with Crippen LogP contribution >= 0.6 is 0 Å². The maximum absolute atomic E-state index is 12.2. The molecule has 6 nitrogen and oxygen atoms in total. The molecular formula is C21H25N3O3. The Kier molecular flexibility index (Phi) is 3.33. The molecule has 1 spiro atoms. The van der Waals surface area contributed by atoms with E-state index in [0.717, 1.165) is 12.1 Å². The Bertz CT molecular complexity index is 907. The van der Waals surface area contributed by atoms with Gasteiger partial charge >= 0.3 is 6.09 Å². The third-order valence-electron chi connectivity index (χ3n) is 6.27. The van der Waals surface area contributed by atoms with Crippen molar-refractivity contribution in [3.63, 3.8) is 0 Å². The van der Waals surface area contributed by atoms with E-state index in [1.165, 1.54) is 11.1 Å². The number of aromatic nitrogens is 2. The average molecular weight is 367 g/mol. The van der Waals surface area contributed by atoms with Crippen molar-refractivity contribution >= 4 is 6.09 Å². The van der Waals surface area contributed by atoms with Crippen LogP contribution in [-0.4, -0.2) is 50.4 Å². The Morgan fingerprint density at radius 3 is 2.74 bits per heavy atom. The van der Waals surface area contributed by atoms with Gasteiger partial charge in [0.2, 0.25) is 0 Å². The Labute approximate surface area is 158 Å². The van der Waals surface area contributed by atoms with Crippen molar-refractivity contribution in [2.24, 2.45) is 11.3 Å². The van der Waals surface area contributed by atoms with Crippen LogP contribution in [0.2, 0.25) is 0 Å². The van der Waals surface area contributed by atoms with E-state index in [2.05, 4.69) is 27.8 Å². The average Bonchev–Trinajstić information content (AvgIpc) is 3.13. The quantitative estimate of drug-likeness (QED) is 0.841. The van der Waals surface area contributed by atoms with Crippen molar-refractivity contribution in [1.82, 2.24) is 14.5 Å². The Balaban J connectivity index is 1.32. The molecule has 1 amide bonds. The van der Waals surface area contributed by atoms with E-state index in [4.69, 9.17) is 4.74 Å². The topological polar surface area (TPSA) is 67.6 Å². The summed E-state index contributed by atoms with van der Waals surface area (Å²) in [6, 6.07) is 8.49. The van der Waals surface area contributed by atoms with Gasteiger partial charge in [0, 0.05) is 30.0 Å². The molecule has 2 fully saturated rings. The zero-order valence-electron chi connectivity index (χ0n) is 15.9. The Morgan fingerprint density at radius 2 is 2.04 bits per heavy atom. The van der Waals surface area contributed by atoms with E-state index in [0.29, 0.717) is 13.1 Å². The van der Waals surface area contributed by atoms with Gasteiger partial charge in [-0.3, -0.25) is 0 Å². The summed E-state index contributed by atoms with van der Waals surface area (Å²) in [7, 11) is 0. The first-order valence-corrected chi connectivity index (χ1v) is 9.56. The number of likely N-dealkylation sites (tertiary alicyclic amines) is 1. The van der Waals surface area contributed by atoms with Gasteiger partial charge in [0.15, 0.2) is 0 Å². The molecule has 2 aromatic rings. The molecule has 1 aliphatic carbocycles. The highest BCUT2D eigenvalue weighted by molar-refractivity contribution is 5.70. The lowest BCUT2D eigenvalue weighted by Crippen LogP contribution is -2.72. The lowest BCUT2D eigenvalue weighted by atomic mass is 9.53. The van der Waals surface area contributed by atoms with Crippen LogP contribution in [0.25, 0.3) is 11.3 Å². The van der Waals surface area contributed by atoms with Crippen molar-refractivity contribution in [2.75, 3.05) is 13.1 Å². The first kappa shape index (κ1) is 16.8. The fourth-order valence-electron chi connectivity index (χ4n) is 5.08. The molecule has 1 aromatic carbocycles. The zero-order chi connectivity index (χ0) is 19.0. The van der Waals surface area contributed by atoms with Crippen molar-refractivity contribution < 1.29 is 14.6 Å². The molecule has 3 aliphatic rings. The summed E-state index contributed by atoms with van der Waals surface area (Å²) in [6.07, 6.45) is 3.96. The first-order valence-electron chi connectivity index (χ1n) is 9.56. The van der Waals surface area contributed by atoms with E-state index >= 15 is 0 Å². The fourth-order valence-corrected chi connectivity index (χ4v) is 5.08. The standard InChI is InChI=1S/C21H25N3O3/c1-20(2,3)27-19(26)23-10-21(11-23)8-15(18(21)25)17-14-7-5-4-6-13(14)16-9-22-12-24(16)17/h4-7,9,12,15,17-18,25H,8,10-11H2,1-3H3/t15-,17-,18+/m0/s1. The summed E-state index contributed by atoms with van der Waals surface area (Å²) >= 11 is 0. The first-order chi connectivity index (χ1) is 12.8. The highest BCUT2D eigenvalue weighted by Gasteiger charge is 2.63. The number of benzene rings is 1. The summed E-state index contributed by atoms with van der Waals surface area (Å²) < 4.78 is 7.63. The van der Waals surface area contributed by atoms with Crippen molar-refractivity contribution in [3.8, 4) is 11.3 Å². The second-order valence-electron chi connectivity index (χ2n) is 9.23. The number of aliphatic hydroxyl groups excluding tert-OH is 1. The van der Waals surface area contributed by atoms with Crippen molar-refractivity contribution in [3.05, 3.63) is 42.4 Å². The number of ether oxygens (including phenoxy) is 1. The second kappa shape index (κ2) is 5.35. The van der Waals surface area contributed by atoms with Crippen LogP contribution < -0.4 is 0 Å². The van der Waals surface area contributed by atoms with E-state index in [1.54, 1.807) is 4.90 Å². The van der Waals surface area contributed by atoms with E-state index in [1.807, 2.05) is 39.4 Å². The molecule has 1 saturated carbocycles. The van der Waals surface area contributed by atoms with Crippen LogP contribution in [0.5, 0.6) is 0 Å². The molecule has 3 heterocycles. The molecule has 1 aromatic heterocycles. The van der Waals surface area contributed by atoms with Gasteiger partial charge in [-0.25, -0.2) is 9.78 Å². The van der Waals surface area contributed by atoms with Gasteiger partial charge in [-0.05, 0) is 32.8 Å². The van der Waals surface area contributed by atoms with Gasteiger partial charge in [0.1, 0.15) is 5.60 Å². The highest BCUT2D eigenvalue weighted by atomic mass is 16.6. The molecule has 27 heavy (non-hydrogen) atoms. The van der Waals surface area contributed by atoms with E-state index < -0.39 is 11.7 Å². The number of fused-ring (bicyclic) bond motifs is 3. The number of hydrogen-bond acceptors (Lipinski definition) is 4. The minimum Gasteiger partial charge on any atom is -0.444 e. The van der Waals surface area contributed by atoms with Crippen LogP contribution in [-0.2, 0) is 4.74 Å². The fraction of sp³-hybridized carbons (Fsp3) is 0.524. The van der Waals surface area contributed by atoms with Gasteiger partial charge < -0.3 is 19.3 Å². The SMILES string of the molecule is CC(C)(C)OC(=O)N1CC2(C[C@@H]([C@@H]3c4ccccc4-c4cncn43)[C@H]2O)C1. The maximum Gasteiger partial charge on any atom is 0.410 e. The molecule has 142 valence electrons. The third kappa shape index (κ3) is 2.35. The van der Waals surface area contributed by atoms with Crippen LogP contribution in [0.1, 0.15) is 38.8 Å². The van der Waals surface area contributed by atoms with Gasteiger partial charge in [-0.1, -0.05) is 24.3 Å². The van der Waals surface area contributed by atoms with Gasteiger partial charge in [0.05, 0.1) is 30.4 Å². The smallest absolute Gasteiger partial charge is 0.410 e. The summed E-state index contributed by atoms with van der Waals surface area (Å²) in [5.74, 6) is 0.141. The minimum atomic E-state index is -0.494. The number of rotatable bonds is 1.